The average Bonchev–Trinajstić information content (AvgIpc) is 3.41. The molecule has 1 aromatic heterocycles. The van der Waals surface area contributed by atoms with Gasteiger partial charge in [-0.3, -0.25) is 9.59 Å². The molecule has 0 radical (unpaired) electrons. The van der Waals surface area contributed by atoms with Gasteiger partial charge in [-0.15, -0.1) is 0 Å². The first kappa shape index (κ1) is 21.2. The third-order valence-electron chi connectivity index (χ3n) is 5.30. The first-order chi connectivity index (χ1) is 15.5. The fraction of sp³-hybridized carbons (Fsp3) is 0.200. The standard InChI is InChI=1S/C25H23NO6/c1-3-31-19-7-4-6-17(14-19)23(27)21-22(16-9-11-18(30-2)12-10-16)26(25(29)24(21)28)15-20-8-5-13-32-20/h4-14,22,27H,3,15H2,1-2H3/b23-21+. The van der Waals surface area contributed by atoms with Crippen molar-refractivity contribution in [2.24, 2.45) is 0 Å². The SMILES string of the molecule is CCOc1cccc(/C(O)=C2\C(=O)C(=O)N(Cc3ccco3)C2c2ccc(OC)cc2)c1. The minimum Gasteiger partial charge on any atom is -0.507 e. The zero-order valence-electron chi connectivity index (χ0n) is 17.8. The molecule has 7 heteroatoms. The van der Waals surface area contributed by atoms with Crippen molar-refractivity contribution >= 4 is 17.4 Å². The Hall–Kier alpha value is -4.00. The zero-order valence-corrected chi connectivity index (χ0v) is 17.8. The number of Topliss-reactive ketones (excluding diaryl/α,β-unsaturated/α-hetero) is 1. The van der Waals surface area contributed by atoms with Gasteiger partial charge in [-0.05, 0) is 48.9 Å². The Kier molecular flexibility index (Phi) is 5.98. The first-order valence-corrected chi connectivity index (χ1v) is 10.2. The molecule has 1 saturated heterocycles. The molecule has 3 aromatic rings. The first-order valence-electron chi connectivity index (χ1n) is 10.2. The number of methoxy groups -OCH3 is 1. The summed E-state index contributed by atoms with van der Waals surface area (Å²) >= 11 is 0. The molecule has 0 bridgehead atoms. The summed E-state index contributed by atoms with van der Waals surface area (Å²) in [5.74, 6) is 0.0151. The highest BCUT2D eigenvalue weighted by Gasteiger charge is 2.46. The molecule has 1 atom stereocenters. The van der Waals surface area contributed by atoms with Gasteiger partial charge >= 0.3 is 0 Å². The lowest BCUT2D eigenvalue weighted by Crippen LogP contribution is -2.29. The summed E-state index contributed by atoms with van der Waals surface area (Å²) in [5, 5.41) is 11.2. The Bertz CT molecular complexity index is 1150. The number of carbonyl (C=O) groups is 2. The van der Waals surface area contributed by atoms with Crippen molar-refractivity contribution in [3.8, 4) is 11.5 Å². The third-order valence-corrected chi connectivity index (χ3v) is 5.30. The van der Waals surface area contributed by atoms with Gasteiger partial charge in [0.25, 0.3) is 11.7 Å². The van der Waals surface area contributed by atoms with Crippen molar-refractivity contribution in [1.29, 1.82) is 0 Å². The summed E-state index contributed by atoms with van der Waals surface area (Å²) in [5.41, 5.74) is 1.07. The number of ketones is 1. The van der Waals surface area contributed by atoms with E-state index >= 15 is 0 Å². The molecule has 1 unspecified atom stereocenters. The number of aliphatic hydroxyl groups excluding tert-OH is 1. The molecule has 32 heavy (non-hydrogen) atoms. The summed E-state index contributed by atoms with van der Waals surface area (Å²) in [6, 6.07) is 16.5. The van der Waals surface area contributed by atoms with Gasteiger partial charge in [-0.1, -0.05) is 24.3 Å². The fourth-order valence-electron chi connectivity index (χ4n) is 3.80. The molecule has 0 saturated carbocycles. The summed E-state index contributed by atoms with van der Waals surface area (Å²) in [7, 11) is 1.56. The Morgan fingerprint density at radius 2 is 1.84 bits per heavy atom. The van der Waals surface area contributed by atoms with Crippen molar-refractivity contribution < 1.29 is 28.6 Å². The second kappa shape index (κ2) is 9.01. The molecule has 164 valence electrons. The van der Waals surface area contributed by atoms with Crippen LogP contribution in [-0.2, 0) is 16.1 Å². The molecular weight excluding hydrogens is 410 g/mol. The van der Waals surface area contributed by atoms with Crippen LogP contribution in [-0.4, -0.2) is 35.4 Å². The third kappa shape index (κ3) is 3.97. The second-order valence-electron chi connectivity index (χ2n) is 7.24. The minimum absolute atomic E-state index is 0.0142. The molecule has 1 aliphatic heterocycles. The maximum absolute atomic E-state index is 13.1. The van der Waals surface area contributed by atoms with Gasteiger partial charge in [0.15, 0.2) is 0 Å². The van der Waals surface area contributed by atoms with Crippen LogP contribution < -0.4 is 9.47 Å². The van der Waals surface area contributed by atoms with Crippen molar-refractivity contribution in [3.05, 3.63) is 89.4 Å². The van der Waals surface area contributed by atoms with Gasteiger partial charge in [0.2, 0.25) is 0 Å². The van der Waals surface area contributed by atoms with E-state index in [-0.39, 0.29) is 17.9 Å². The smallest absolute Gasteiger partial charge is 0.296 e. The van der Waals surface area contributed by atoms with E-state index in [2.05, 4.69) is 0 Å². The maximum atomic E-state index is 13.1. The minimum atomic E-state index is -0.790. The van der Waals surface area contributed by atoms with Crippen molar-refractivity contribution in [1.82, 2.24) is 4.90 Å². The van der Waals surface area contributed by atoms with Crippen molar-refractivity contribution in [2.45, 2.75) is 19.5 Å². The Morgan fingerprint density at radius 3 is 2.50 bits per heavy atom. The van der Waals surface area contributed by atoms with E-state index in [9.17, 15) is 14.7 Å². The number of ether oxygens (including phenoxy) is 2. The van der Waals surface area contributed by atoms with Gasteiger partial charge in [-0.2, -0.15) is 0 Å². The number of nitrogens with zero attached hydrogens (tertiary/aromatic N) is 1. The van der Waals surface area contributed by atoms with Crippen LogP contribution in [0.25, 0.3) is 5.76 Å². The largest absolute Gasteiger partial charge is 0.507 e. The number of hydrogen-bond acceptors (Lipinski definition) is 6. The van der Waals surface area contributed by atoms with E-state index in [1.54, 1.807) is 67.8 Å². The number of carbonyl (C=O) groups excluding carboxylic acids is 2. The molecule has 2 aromatic carbocycles. The predicted molar refractivity (Wildman–Crippen MR) is 117 cm³/mol. The average molecular weight is 433 g/mol. The van der Waals surface area contributed by atoms with E-state index in [4.69, 9.17) is 13.9 Å². The molecule has 4 rings (SSSR count). The number of amides is 1. The lowest BCUT2D eigenvalue weighted by atomic mass is 9.95. The molecular formula is C25H23NO6. The molecule has 7 nitrogen and oxygen atoms in total. The van der Waals surface area contributed by atoms with Crippen LogP contribution in [0.1, 0.15) is 29.9 Å². The lowest BCUT2D eigenvalue weighted by Gasteiger charge is -2.24. The maximum Gasteiger partial charge on any atom is 0.296 e. The summed E-state index contributed by atoms with van der Waals surface area (Å²) < 4.78 is 16.1. The predicted octanol–water partition coefficient (Wildman–Crippen LogP) is 4.31. The number of aliphatic hydroxyl groups is 1. The molecule has 0 aliphatic carbocycles. The summed E-state index contributed by atoms with van der Waals surface area (Å²) in [4.78, 5) is 27.5. The lowest BCUT2D eigenvalue weighted by molar-refractivity contribution is -0.140. The molecule has 1 fully saturated rings. The van der Waals surface area contributed by atoms with Crippen LogP contribution in [0.2, 0.25) is 0 Å². The molecule has 1 aliphatic rings. The van der Waals surface area contributed by atoms with E-state index in [1.165, 1.54) is 11.2 Å². The summed E-state index contributed by atoms with van der Waals surface area (Å²) in [6.45, 7) is 2.41. The van der Waals surface area contributed by atoms with Gasteiger partial charge in [0, 0.05) is 5.56 Å². The van der Waals surface area contributed by atoms with Crippen LogP contribution in [0.3, 0.4) is 0 Å². The number of hydrogen-bond donors (Lipinski definition) is 1. The summed E-state index contributed by atoms with van der Waals surface area (Å²) in [6.07, 6.45) is 1.51. The van der Waals surface area contributed by atoms with Gasteiger partial charge in [0.1, 0.15) is 23.0 Å². The highest BCUT2D eigenvalue weighted by atomic mass is 16.5. The highest BCUT2D eigenvalue weighted by Crippen LogP contribution is 2.41. The molecule has 1 amide bonds. The number of furan rings is 1. The number of benzene rings is 2. The van der Waals surface area contributed by atoms with E-state index in [0.29, 0.717) is 35.0 Å². The highest BCUT2D eigenvalue weighted by molar-refractivity contribution is 6.46. The van der Waals surface area contributed by atoms with Crippen LogP contribution in [0.5, 0.6) is 11.5 Å². The Morgan fingerprint density at radius 1 is 1.06 bits per heavy atom. The van der Waals surface area contributed by atoms with Crippen LogP contribution in [0.4, 0.5) is 0 Å². The quantitative estimate of drug-likeness (QED) is 0.339. The van der Waals surface area contributed by atoms with Gasteiger partial charge in [-0.25, -0.2) is 0 Å². The van der Waals surface area contributed by atoms with E-state index in [1.807, 2.05) is 6.92 Å². The number of likely N-dealkylation sites (tertiary alicyclic amines) is 1. The van der Waals surface area contributed by atoms with Crippen molar-refractivity contribution in [2.75, 3.05) is 13.7 Å². The van der Waals surface area contributed by atoms with Crippen molar-refractivity contribution in [3.63, 3.8) is 0 Å². The van der Waals surface area contributed by atoms with Gasteiger partial charge < -0.3 is 23.9 Å². The Labute approximate surface area is 185 Å². The normalized spacial score (nSPS) is 17.6. The Balaban J connectivity index is 1.84. The van der Waals surface area contributed by atoms with Crippen LogP contribution in [0, 0.1) is 0 Å². The topological polar surface area (TPSA) is 89.2 Å². The molecule has 1 N–H and O–H groups in total. The zero-order chi connectivity index (χ0) is 22.7. The molecule has 2 heterocycles. The fourth-order valence-corrected chi connectivity index (χ4v) is 3.80. The van der Waals surface area contributed by atoms with E-state index in [0.717, 1.165) is 0 Å². The molecule has 0 spiro atoms. The van der Waals surface area contributed by atoms with Crippen LogP contribution >= 0.6 is 0 Å². The van der Waals surface area contributed by atoms with Gasteiger partial charge in [0.05, 0.1) is 38.1 Å². The van der Waals surface area contributed by atoms with E-state index < -0.39 is 17.7 Å². The number of rotatable bonds is 7. The second-order valence-corrected chi connectivity index (χ2v) is 7.24. The van der Waals surface area contributed by atoms with Crippen LogP contribution in [0.15, 0.2) is 76.9 Å². The monoisotopic (exact) mass is 433 g/mol.